The third-order valence-electron chi connectivity index (χ3n) is 6.35. The molecule has 5 rings (SSSR count). The Kier molecular flexibility index (Phi) is 7.58. The molecule has 0 saturated heterocycles. The number of aryl methyl sites for hydroxylation is 1. The molecule has 38 heavy (non-hydrogen) atoms. The summed E-state index contributed by atoms with van der Waals surface area (Å²) in [6.45, 7) is 0.206. The minimum atomic E-state index is -0.319. The Labute approximate surface area is 224 Å². The lowest BCUT2D eigenvalue weighted by molar-refractivity contribution is -0.114. The van der Waals surface area contributed by atoms with E-state index >= 15 is 0 Å². The first kappa shape index (κ1) is 25.3. The van der Waals surface area contributed by atoms with Gasteiger partial charge in [0.05, 0.1) is 12.8 Å². The van der Waals surface area contributed by atoms with E-state index in [1.54, 1.807) is 19.2 Å². The van der Waals surface area contributed by atoms with Crippen molar-refractivity contribution >= 4 is 57.0 Å². The zero-order valence-corrected chi connectivity index (χ0v) is 21.5. The van der Waals surface area contributed by atoms with E-state index in [1.165, 1.54) is 5.06 Å². The first-order chi connectivity index (χ1) is 18.6. The number of H-pyrrole nitrogens is 1. The molecule has 0 atom stereocenters. The summed E-state index contributed by atoms with van der Waals surface area (Å²) in [5.74, 6) is 0.747. The Hall–Kier alpha value is -4.33. The maximum atomic E-state index is 13.4. The number of methoxy groups -OCH3 is 1. The van der Waals surface area contributed by atoms with E-state index in [2.05, 4.69) is 10.3 Å². The summed E-state index contributed by atoms with van der Waals surface area (Å²) in [5, 5.41) is 6.77. The molecule has 0 spiro atoms. The van der Waals surface area contributed by atoms with Crippen LogP contribution in [0.15, 0.2) is 84.9 Å². The fourth-order valence-electron chi connectivity index (χ4n) is 4.50. The van der Waals surface area contributed by atoms with Crippen LogP contribution in [0.1, 0.15) is 21.6 Å². The van der Waals surface area contributed by atoms with Crippen molar-refractivity contribution in [3.63, 3.8) is 0 Å². The van der Waals surface area contributed by atoms with Crippen molar-refractivity contribution in [3.8, 4) is 5.75 Å². The molecule has 8 heteroatoms. The SMILES string of the molecule is COc1ccc2[nH]c(C(=O)Nc3cc(N(C=O)OCc4ccccc4)c4ccccc4c3CCCl)cc2c1. The molecule has 0 radical (unpaired) electrons. The predicted molar refractivity (Wildman–Crippen MR) is 151 cm³/mol. The second-order valence-corrected chi connectivity index (χ2v) is 9.06. The van der Waals surface area contributed by atoms with Gasteiger partial charge in [-0.15, -0.1) is 11.6 Å². The lowest BCUT2D eigenvalue weighted by Gasteiger charge is -2.22. The molecule has 4 aromatic carbocycles. The number of nitrogens with one attached hydrogen (secondary N) is 2. The van der Waals surface area contributed by atoms with Gasteiger partial charge in [-0.25, -0.2) is 0 Å². The van der Waals surface area contributed by atoms with E-state index < -0.39 is 0 Å². The van der Waals surface area contributed by atoms with Crippen LogP contribution in [-0.2, 0) is 22.7 Å². The second kappa shape index (κ2) is 11.4. The van der Waals surface area contributed by atoms with E-state index in [0.29, 0.717) is 41.5 Å². The number of anilines is 2. The molecule has 0 unspecified atom stereocenters. The number of benzene rings is 4. The number of ether oxygens (including phenoxy) is 1. The monoisotopic (exact) mass is 527 g/mol. The molecule has 1 aromatic heterocycles. The molecule has 192 valence electrons. The van der Waals surface area contributed by atoms with Gasteiger partial charge in [0, 0.05) is 27.9 Å². The number of aromatic nitrogens is 1. The zero-order chi connectivity index (χ0) is 26.5. The Morgan fingerprint density at radius 3 is 2.50 bits per heavy atom. The minimum absolute atomic E-state index is 0.206. The molecule has 5 aromatic rings. The first-order valence-electron chi connectivity index (χ1n) is 12.1. The fourth-order valence-corrected chi connectivity index (χ4v) is 4.69. The van der Waals surface area contributed by atoms with Crippen molar-refractivity contribution in [2.45, 2.75) is 13.0 Å². The van der Waals surface area contributed by atoms with Crippen LogP contribution in [0.25, 0.3) is 21.7 Å². The normalized spacial score (nSPS) is 11.0. The number of aromatic amines is 1. The van der Waals surface area contributed by atoms with Crippen LogP contribution in [0.5, 0.6) is 5.75 Å². The number of hydroxylamine groups is 1. The number of fused-ring (bicyclic) bond motifs is 2. The molecule has 0 bridgehead atoms. The number of amides is 2. The number of hydrogen-bond acceptors (Lipinski definition) is 4. The third-order valence-corrected chi connectivity index (χ3v) is 6.53. The summed E-state index contributed by atoms with van der Waals surface area (Å²) >= 11 is 6.17. The highest BCUT2D eigenvalue weighted by molar-refractivity contribution is 6.18. The van der Waals surface area contributed by atoms with Gasteiger partial charge in [-0.1, -0.05) is 54.6 Å². The summed E-state index contributed by atoms with van der Waals surface area (Å²) in [6, 6.07) is 26.4. The topological polar surface area (TPSA) is 83.7 Å². The number of carbonyl (C=O) groups excluding carboxylic acids is 2. The van der Waals surface area contributed by atoms with Crippen molar-refractivity contribution in [2.24, 2.45) is 0 Å². The highest BCUT2D eigenvalue weighted by atomic mass is 35.5. The van der Waals surface area contributed by atoms with Gasteiger partial charge in [0.25, 0.3) is 5.91 Å². The molecule has 0 aliphatic rings. The molecule has 7 nitrogen and oxygen atoms in total. The van der Waals surface area contributed by atoms with Crippen LogP contribution in [0, 0.1) is 0 Å². The second-order valence-electron chi connectivity index (χ2n) is 8.69. The smallest absolute Gasteiger partial charge is 0.272 e. The standard InChI is InChI=1S/C30H26ClN3O4/c1-37-22-11-12-26-21(15-22)16-28(32-26)30(36)33-27-17-29(25-10-6-5-9-23(25)24(27)13-14-31)34(19-35)38-18-20-7-3-2-4-8-20/h2-12,15-17,19,32H,13-14,18H2,1H3,(H,33,36). The molecule has 0 aliphatic carbocycles. The molecule has 1 heterocycles. The third kappa shape index (κ3) is 5.20. The molecule has 2 amide bonds. The summed E-state index contributed by atoms with van der Waals surface area (Å²) in [4.78, 5) is 34.6. The summed E-state index contributed by atoms with van der Waals surface area (Å²) in [6.07, 6.45) is 1.15. The lowest BCUT2D eigenvalue weighted by atomic mass is 9.98. The van der Waals surface area contributed by atoms with Crippen LogP contribution >= 0.6 is 11.6 Å². The molecule has 0 aliphatic heterocycles. The van der Waals surface area contributed by atoms with Crippen LogP contribution in [-0.4, -0.2) is 30.3 Å². The number of alkyl halides is 1. The molecule has 2 N–H and O–H groups in total. The Morgan fingerprint density at radius 1 is 1.00 bits per heavy atom. The van der Waals surface area contributed by atoms with Crippen molar-refractivity contribution in [3.05, 3.63) is 102 Å². The quantitative estimate of drug-likeness (QED) is 0.124. The zero-order valence-electron chi connectivity index (χ0n) is 20.7. The number of halogens is 1. The van der Waals surface area contributed by atoms with E-state index in [-0.39, 0.29) is 12.5 Å². The molecule has 0 saturated carbocycles. The van der Waals surface area contributed by atoms with Gasteiger partial charge in [-0.3, -0.25) is 14.4 Å². The van der Waals surface area contributed by atoms with Crippen LogP contribution in [0.2, 0.25) is 0 Å². The average molecular weight is 528 g/mol. The number of hydrogen-bond donors (Lipinski definition) is 2. The number of nitrogens with zero attached hydrogens (tertiary/aromatic N) is 1. The summed E-state index contributed by atoms with van der Waals surface area (Å²) < 4.78 is 5.29. The van der Waals surface area contributed by atoms with Crippen molar-refractivity contribution in [1.82, 2.24) is 4.98 Å². The maximum Gasteiger partial charge on any atom is 0.272 e. The molecule has 0 fully saturated rings. The van der Waals surface area contributed by atoms with Crippen molar-refractivity contribution in [1.29, 1.82) is 0 Å². The van der Waals surface area contributed by atoms with Gasteiger partial charge in [0.15, 0.2) is 0 Å². The highest BCUT2D eigenvalue weighted by Crippen LogP contribution is 2.36. The van der Waals surface area contributed by atoms with Gasteiger partial charge < -0.3 is 15.0 Å². The largest absolute Gasteiger partial charge is 0.497 e. The number of rotatable bonds is 10. The molecular weight excluding hydrogens is 502 g/mol. The van der Waals surface area contributed by atoms with Crippen molar-refractivity contribution < 1.29 is 19.2 Å². The van der Waals surface area contributed by atoms with Gasteiger partial charge in [-0.05, 0) is 53.3 Å². The summed E-state index contributed by atoms with van der Waals surface area (Å²) in [5.41, 5.74) is 4.08. The van der Waals surface area contributed by atoms with E-state index in [9.17, 15) is 9.59 Å². The minimum Gasteiger partial charge on any atom is -0.497 e. The summed E-state index contributed by atoms with van der Waals surface area (Å²) in [7, 11) is 1.60. The maximum absolute atomic E-state index is 13.4. The van der Waals surface area contributed by atoms with Crippen LogP contribution < -0.4 is 15.1 Å². The van der Waals surface area contributed by atoms with Gasteiger partial charge in [0.2, 0.25) is 6.41 Å². The Morgan fingerprint density at radius 2 is 1.76 bits per heavy atom. The van der Waals surface area contributed by atoms with Crippen LogP contribution in [0.3, 0.4) is 0 Å². The van der Waals surface area contributed by atoms with E-state index in [1.807, 2.05) is 72.8 Å². The Bertz CT molecular complexity index is 1600. The van der Waals surface area contributed by atoms with Gasteiger partial charge in [0.1, 0.15) is 18.1 Å². The van der Waals surface area contributed by atoms with Gasteiger partial charge in [-0.2, -0.15) is 5.06 Å². The van der Waals surface area contributed by atoms with E-state index in [0.717, 1.165) is 32.8 Å². The van der Waals surface area contributed by atoms with Gasteiger partial charge >= 0.3 is 0 Å². The molecular formula is C30H26ClN3O4. The van der Waals surface area contributed by atoms with Crippen LogP contribution in [0.4, 0.5) is 11.4 Å². The highest BCUT2D eigenvalue weighted by Gasteiger charge is 2.19. The van der Waals surface area contributed by atoms with Crippen molar-refractivity contribution in [2.75, 3.05) is 23.4 Å². The van der Waals surface area contributed by atoms with E-state index in [4.69, 9.17) is 21.2 Å². The lowest BCUT2D eigenvalue weighted by Crippen LogP contribution is -2.22. The number of carbonyl (C=O) groups is 2. The predicted octanol–water partition coefficient (Wildman–Crippen LogP) is 6.46. The first-order valence-corrected chi connectivity index (χ1v) is 12.6. The fraction of sp³-hybridized carbons (Fsp3) is 0.133. The Balaban J connectivity index is 1.53. The average Bonchev–Trinajstić information content (AvgIpc) is 3.39.